The number of nitrogens with one attached hydrogen (secondary N) is 1. The fourth-order valence-corrected chi connectivity index (χ4v) is 1.52. The number of hydrogen-bond donors (Lipinski definition) is 2. The molecule has 0 saturated heterocycles. The van der Waals surface area contributed by atoms with E-state index in [1.807, 2.05) is 25.1 Å². The smallest absolute Gasteiger partial charge is 0.304 e. The summed E-state index contributed by atoms with van der Waals surface area (Å²) in [6.45, 7) is 3.56. The molecule has 6 heteroatoms. The van der Waals surface area contributed by atoms with E-state index < -0.39 is 5.97 Å². The van der Waals surface area contributed by atoms with Crippen molar-refractivity contribution in [2.24, 2.45) is 0 Å². The minimum absolute atomic E-state index is 0. The lowest BCUT2D eigenvalue weighted by Gasteiger charge is -2.11. The Bertz CT molecular complexity index is 398. The van der Waals surface area contributed by atoms with Gasteiger partial charge in [-0.05, 0) is 24.6 Å². The van der Waals surface area contributed by atoms with E-state index in [-0.39, 0.29) is 18.8 Å². The Hall–Kier alpha value is -1.46. The number of carboxylic acids is 1. The van der Waals surface area contributed by atoms with Crippen LogP contribution in [-0.4, -0.2) is 31.3 Å². The summed E-state index contributed by atoms with van der Waals surface area (Å²) in [4.78, 5) is 10.4. The minimum Gasteiger partial charge on any atom is -0.493 e. The van der Waals surface area contributed by atoms with Crippen LogP contribution < -0.4 is 14.8 Å². The van der Waals surface area contributed by atoms with Crippen LogP contribution in [-0.2, 0) is 11.3 Å². The molecule has 0 spiro atoms. The van der Waals surface area contributed by atoms with Crippen LogP contribution in [0.15, 0.2) is 18.2 Å². The van der Waals surface area contributed by atoms with Gasteiger partial charge in [0.25, 0.3) is 0 Å². The van der Waals surface area contributed by atoms with E-state index in [1.54, 1.807) is 7.11 Å². The Balaban J connectivity index is 0.00000324. The molecule has 0 radical (unpaired) electrons. The predicted molar refractivity (Wildman–Crippen MR) is 75.4 cm³/mol. The minimum atomic E-state index is -0.799. The molecule has 0 aliphatic carbocycles. The normalized spacial score (nSPS) is 9.58. The first kappa shape index (κ1) is 17.5. The molecule has 19 heavy (non-hydrogen) atoms. The van der Waals surface area contributed by atoms with Crippen LogP contribution in [0, 0.1) is 0 Å². The molecule has 0 aliphatic heterocycles. The summed E-state index contributed by atoms with van der Waals surface area (Å²) in [6, 6.07) is 5.68. The Kier molecular flexibility index (Phi) is 8.74. The van der Waals surface area contributed by atoms with Gasteiger partial charge in [-0.25, -0.2) is 0 Å². The van der Waals surface area contributed by atoms with Gasteiger partial charge in [-0.2, -0.15) is 0 Å². The molecule has 1 aromatic rings. The van der Waals surface area contributed by atoms with Gasteiger partial charge >= 0.3 is 5.97 Å². The maximum absolute atomic E-state index is 10.4. The van der Waals surface area contributed by atoms with Gasteiger partial charge in [0, 0.05) is 13.1 Å². The van der Waals surface area contributed by atoms with Crippen LogP contribution in [0.3, 0.4) is 0 Å². The molecule has 0 aromatic heterocycles. The van der Waals surface area contributed by atoms with Crippen molar-refractivity contribution >= 4 is 18.4 Å². The van der Waals surface area contributed by atoms with Crippen molar-refractivity contribution in [2.45, 2.75) is 19.9 Å². The van der Waals surface area contributed by atoms with Crippen molar-refractivity contribution in [2.75, 3.05) is 20.3 Å². The SMILES string of the molecule is CCOc1ccc(CNCCC(=O)O)cc1OC.Cl. The average molecular weight is 290 g/mol. The molecule has 0 aliphatic rings. The molecule has 2 N–H and O–H groups in total. The molecular weight excluding hydrogens is 270 g/mol. The van der Waals surface area contributed by atoms with Crippen molar-refractivity contribution in [1.29, 1.82) is 0 Å². The fraction of sp³-hybridized carbons (Fsp3) is 0.462. The summed E-state index contributed by atoms with van der Waals surface area (Å²) in [5.74, 6) is 0.607. The maximum Gasteiger partial charge on any atom is 0.304 e. The summed E-state index contributed by atoms with van der Waals surface area (Å²) in [6.07, 6.45) is 0.119. The first-order valence-corrected chi connectivity index (χ1v) is 5.89. The van der Waals surface area contributed by atoms with Crippen LogP contribution in [0.25, 0.3) is 0 Å². The quantitative estimate of drug-likeness (QED) is 0.717. The van der Waals surface area contributed by atoms with Gasteiger partial charge in [0.1, 0.15) is 0 Å². The standard InChI is InChI=1S/C13H19NO4.ClH/c1-3-18-11-5-4-10(8-12(11)17-2)9-14-7-6-13(15)16;/h4-5,8,14H,3,6-7,9H2,1-2H3,(H,15,16);1H. The third-order valence-corrected chi connectivity index (χ3v) is 2.37. The van der Waals surface area contributed by atoms with Crippen LogP contribution in [0.5, 0.6) is 11.5 Å². The van der Waals surface area contributed by atoms with Crippen molar-refractivity contribution in [3.8, 4) is 11.5 Å². The average Bonchev–Trinajstić information content (AvgIpc) is 2.36. The molecule has 108 valence electrons. The lowest BCUT2D eigenvalue weighted by Crippen LogP contribution is -2.17. The number of carboxylic acid groups (broad SMARTS) is 1. The summed E-state index contributed by atoms with van der Waals surface area (Å²) >= 11 is 0. The first-order chi connectivity index (χ1) is 8.67. The second kappa shape index (κ2) is 9.47. The Morgan fingerprint density at radius 2 is 2.11 bits per heavy atom. The second-order valence-corrected chi connectivity index (χ2v) is 3.74. The highest BCUT2D eigenvalue weighted by atomic mass is 35.5. The summed E-state index contributed by atoms with van der Waals surface area (Å²) in [5, 5.41) is 11.6. The number of aliphatic carboxylic acids is 1. The molecule has 0 bridgehead atoms. The third-order valence-electron chi connectivity index (χ3n) is 2.37. The lowest BCUT2D eigenvalue weighted by molar-refractivity contribution is -0.136. The summed E-state index contributed by atoms with van der Waals surface area (Å²) < 4.78 is 10.7. The molecule has 5 nitrogen and oxygen atoms in total. The number of ether oxygens (including phenoxy) is 2. The van der Waals surface area contributed by atoms with Crippen molar-refractivity contribution in [1.82, 2.24) is 5.32 Å². The van der Waals surface area contributed by atoms with Crippen LogP contribution in [0.1, 0.15) is 18.9 Å². The largest absolute Gasteiger partial charge is 0.493 e. The molecular formula is C13H20ClNO4. The number of benzene rings is 1. The van der Waals surface area contributed by atoms with Gasteiger partial charge in [-0.1, -0.05) is 6.07 Å². The highest BCUT2D eigenvalue weighted by molar-refractivity contribution is 5.85. The van der Waals surface area contributed by atoms with Crippen molar-refractivity contribution in [3.63, 3.8) is 0 Å². The number of carbonyl (C=O) groups is 1. The zero-order valence-corrected chi connectivity index (χ0v) is 12.0. The van der Waals surface area contributed by atoms with Gasteiger partial charge < -0.3 is 19.9 Å². The molecule has 0 heterocycles. The monoisotopic (exact) mass is 289 g/mol. The van der Waals surface area contributed by atoms with Gasteiger partial charge in [-0.3, -0.25) is 4.79 Å². The van der Waals surface area contributed by atoms with Gasteiger partial charge in [0.15, 0.2) is 11.5 Å². The highest BCUT2D eigenvalue weighted by Gasteiger charge is 2.05. The van der Waals surface area contributed by atoms with Crippen LogP contribution in [0.4, 0.5) is 0 Å². The number of hydrogen-bond acceptors (Lipinski definition) is 4. The topological polar surface area (TPSA) is 67.8 Å². The third kappa shape index (κ3) is 6.31. The highest BCUT2D eigenvalue weighted by Crippen LogP contribution is 2.27. The predicted octanol–water partition coefficient (Wildman–Crippen LogP) is 2.08. The summed E-state index contributed by atoms with van der Waals surface area (Å²) in [5.41, 5.74) is 1.03. The van der Waals surface area contributed by atoms with E-state index in [4.69, 9.17) is 14.6 Å². The number of rotatable bonds is 8. The fourth-order valence-electron chi connectivity index (χ4n) is 1.52. The van der Waals surface area contributed by atoms with E-state index in [2.05, 4.69) is 5.32 Å². The van der Waals surface area contributed by atoms with E-state index in [9.17, 15) is 4.79 Å². The zero-order valence-electron chi connectivity index (χ0n) is 11.1. The molecule has 0 amide bonds. The van der Waals surface area contributed by atoms with Gasteiger partial charge in [-0.15, -0.1) is 12.4 Å². The number of halogens is 1. The van der Waals surface area contributed by atoms with Crippen molar-refractivity contribution < 1.29 is 19.4 Å². The van der Waals surface area contributed by atoms with Gasteiger partial charge in [0.2, 0.25) is 0 Å². The zero-order chi connectivity index (χ0) is 13.4. The summed E-state index contributed by atoms with van der Waals surface area (Å²) in [7, 11) is 1.60. The lowest BCUT2D eigenvalue weighted by atomic mass is 10.2. The maximum atomic E-state index is 10.4. The molecule has 1 rings (SSSR count). The van der Waals surface area contributed by atoms with Crippen LogP contribution in [0.2, 0.25) is 0 Å². The first-order valence-electron chi connectivity index (χ1n) is 5.89. The number of methoxy groups -OCH3 is 1. The van der Waals surface area contributed by atoms with Crippen molar-refractivity contribution in [3.05, 3.63) is 23.8 Å². The molecule has 0 saturated carbocycles. The Morgan fingerprint density at radius 3 is 2.68 bits per heavy atom. The van der Waals surface area contributed by atoms with E-state index in [1.165, 1.54) is 0 Å². The second-order valence-electron chi connectivity index (χ2n) is 3.74. The van der Waals surface area contributed by atoms with E-state index >= 15 is 0 Å². The van der Waals surface area contributed by atoms with E-state index in [0.717, 1.165) is 5.56 Å². The Labute approximate surface area is 119 Å². The molecule has 0 atom stereocenters. The Morgan fingerprint density at radius 1 is 1.37 bits per heavy atom. The van der Waals surface area contributed by atoms with E-state index in [0.29, 0.717) is 31.2 Å². The molecule has 0 unspecified atom stereocenters. The molecule has 1 aromatic carbocycles. The van der Waals surface area contributed by atoms with Gasteiger partial charge in [0.05, 0.1) is 20.1 Å². The van der Waals surface area contributed by atoms with Crippen LogP contribution >= 0.6 is 12.4 Å². The molecule has 0 fully saturated rings.